The number of anilines is 2. The summed E-state index contributed by atoms with van der Waals surface area (Å²) in [6.45, 7) is 6.19. The molecule has 0 saturated carbocycles. The van der Waals surface area contributed by atoms with Crippen molar-refractivity contribution in [2.24, 2.45) is 0 Å². The third-order valence-electron chi connectivity index (χ3n) is 2.42. The number of hydrogen-bond acceptors (Lipinski definition) is 5. The summed E-state index contributed by atoms with van der Waals surface area (Å²) < 4.78 is 0. The van der Waals surface area contributed by atoms with E-state index in [0.29, 0.717) is 24.0 Å². The van der Waals surface area contributed by atoms with Crippen molar-refractivity contribution < 1.29 is 5.11 Å². The monoisotopic (exact) mass is 224 g/mol. The van der Waals surface area contributed by atoms with Crippen LogP contribution in [-0.2, 0) is 0 Å². The summed E-state index contributed by atoms with van der Waals surface area (Å²) >= 11 is 0. The molecule has 0 radical (unpaired) electrons. The number of hydrogen-bond donors (Lipinski definition) is 3. The van der Waals surface area contributed by atoms with Crippen molar-refractivity contribution in [2.75, 3.05) is 17.6 Å². The minimum atomic E-state index is -0.346. The molecule has 90 valence electrons. The van der Waals surface area contributed by atoms with Gasteiger partial charge in [0.15, 0.2) is 0 Å². The number of aromatic nitrogens is 2. The number of rotatable bonds is 5. The van der Waals surface area contributed by atoms with E-state index in [1.54, 1.807) is 6.92 Å². The van der Waals surface area contributed by atoms with Crippen LogP contribution >= 0.6 is 0 Å². The Labute approximate surface area is 96.1 Å². The van der Waals surface area contributed by atoms with Crippen LogP contribution in [0.2, 0.25) is 0 Å². The third kappa shape index (κ3) is 3.34. The number of aryl methyl sites for hydroxylation is 1. The van der Waals surface area contributed by atoms with E-state index in [2.05, 4.69) is 15.3 Å². The lowest BCUT2D eigenvalue weighted by Gasteiger charge is -2.14. The fourth-order valence-electron chi connectivity index (χ4n) is 1.47. The van der Waals surface area contributed by atoms with Gasteiger partial charge in [-0.2, -0.15) is 0 Å². The van der Waals surface area contributed by atoms with Crippen molar-refractivity contribution in [1.82, 2.24) is 9.97 Å². The Hall–Kier alpha value is -1.36. The maximum Gasteiger partial charge on any atom is 0.134 e. The topological polar surface area (TPSA) is 84.1 Å². The first-order chi connectivity index (χ1) is 7.54. The predicted molar refractivity (Wildman–Crippen MR) is 65.3 cm³/mol. The molecule has 0 bridgehead atoms. The van der Waals surface area contributed by atoms with Gasteiger partial charge in [0.05, 0.1) is 6.10 Å². The zero-order valence-corrected chi connectivity index (χ0v) is 10.1. The smallest absolute Gasteiger partial charge is 0.134 e. The van der Waals surface area contributed by atoms with Crippen molar-refractivity contribution in [3.05, 3.63) is 11.4 Å². The fraction of sp³-hybridized carbons (Fsp3) is 0.636. The lowest BCUT2D eigenvalue weighted by molar-refractivity contribution is 0.176. The maximum atomic E-state index is 9.60. The molecular formula is C11H20N4O. The second kappa shape index (κ2) is 5.65. The number of nitrogens with zero attached hydrogens (tertiary/aromatic N) is 2. The van der Waals surface area contributed by atoms with Gasteiger partial charge in [0, 0.05) is 12.1 Å². The molecule has 0 fully saturated rings. The molecule has 1 rings (SSSR count). The van der Waals surface area contributed by atoms with Gasteiger partial charge < -0.3 is 16.2 Å². The van der Waals surface area contributed by atoms with Crippen LogP contribution in [-0.4, -0.2) is 27.7 Å². The van der Waals surface area contributed by atoms with Gasteiger partial charge in [-0.3, -0.25) is 0 Å². The number of aliphatic hydroxyl groups is 1. The highest BCUT2D eigenvalue weighted by atomic mass is 16.3. The van der Waals surface area contributed by atoms with E-state index in [1.165, 1.54) is 0 Å². The van der Waals surface area contributed by atoms with E-state index < -0.39 is 0 Å². The average molecular weight is 224 g/mol. The van der Waals surface area contributed by atoms with Crippen LogP contribution in [0, 0.1) is 13.8 Å². The van der Waals surface area contributed by atoms with Crippen molar-refractivity contribution in [2.45, 2.75) is 39.7 Å². The molecule has 5 heteroatoms. The highest BCUT2D eigenvalue weighted by Gasteiger charge is 2.08. The van der Waals surface area contributed by atoms with Crippen LogP contribution in [0.5, 0.6) is 0 Å². The molecule has 1 aromatic heterocycles. The molecule has 1 aromatic rings. The van der Waals surface area contributed by atoms with Gasteiger partial charge in [-0.05, 0) is 20.3 Å². The summed E-state index contributed by atoms with van der Waals surface area (Å²) in [4.78, 5) is 8.31. The molecular weight excluding hydrogens is 204 g/mol. The molecule has 0 aliphatic carbocycles. The first-order valence-electron chi connectivity index (χ1n) is 5.57. The van der Waals surface area contributed by atoms with Crippen LogP contribution in [0.1, 0.15) is 31.2 Å². The molecule has 4 N–H and O–H groups in total. The van der Waals surface area contributed by atoms with Gasteiger partial charge in [0.25, 0.3) is 0 Å². The molecule has 0 aliphatic rings. The Morgan fingerprint density at radius 2 is 2.06 bits per heavy atom. The molecule has 0 saturated heterocycles. The third-order valence-corrected chi connectivity index (χ3v) is 2.42. The lowest BCUT2D eigenvalue weighted by atomic mass is 10.2. The van der Waals surface area contributed by atoms with Gasteiger partial charge in [0.2, 0.25) is 0 Å². The van der Waals surface area contributed by atoms with E-state index in [-0.39, 0.29) is 6.10 Å². The molecule has 16 heavy (non-hydrogen) atoms. The number of nitrogens with one attached hydrogen (secondary N) is 1. The standard InChI is InChI=1S/C11H20N4O/c1-4-5-9(16)6-13-11-7(2)10(12)14-8(3)15-11/h9,16H,4-6H2,1-3H3,(H3,12,13,14,15). The van der Waals surface area contributed by atoms with Crippen LogP contribution in [0.15, 0.2) is 0 Å². The molecule has 1 atom stereocenters. The quantitative estimate of drug-likeness (QED) is 0.701. The molecule has 1 heterocycles. The number of aliphatic hydroxyl groups excluding tert-OH is 1. The van der Waals surface area contributed by atoms with E-state index in [0.717, 1.165) is 18.4 Å². The maximum absolute atomic E-state index is 9.60. The van der Waals surface area contributed by atoms with Crippen LogP contribution in [0.4, 0.5) is 11.6 Å². The predicted octanol–water partition coefficient (Wildman–Crippen LogP) is 1.25. The van der Waals surface area contributed by atoms with Gasteiger partial charge in [0.1, 0.15) is 17.5 Å². The summed E-state index contributed by atoms with van der Waals surface area (Å²) in [6, 6.07) is 0. The largest absolute Gasteiger partial charge is 0.391 e. The van der Waals surface area contributed by atoms with Gasteiger partial charge in [-0.15, -0.1) is 0 Å². The Morgan fingerprint density at radius 1 is 1.38 bits per heavy atom. The van der Waals surface area contributed by atoms with E-state index >= 15 is 0 Å². The van der Waals surface area contributed by atoms with E-state index in [1.807, 2.05) is 13.8 Å². The second-order valence-electron chi connectivity index (χ2n) is 3.95. The van der Waals surface area contributed by atoms with Crippen LogP contribution in [0.3, 0.4) is 0 Å². The Balaban J connectivity index is 2.66. The normalized spacial score (nSPS) is 12.5. The molecule has 0 amide bonds. The zero-order chi connectivity index (χ0) is 12.1. The van der Waals surface area contributed by atoms with Crippen molar-refractivity contribution in [3.8, 4) is 0 Å². The Morgan fingerprint density at radius 3 is 2.69 bits per heavy atom. The molecule has 5 nitrogen and oxygen atoms in total. The number of nitrogen functional groups attached to an aromatic ring is 1. The fourth-order valence-corrected chi connectivity index (χ4v) is 1.47. The van der Waals surface area contributed by atoms with E-state index in [9.17, 15) is 5.11 Å². The van der Waals surface area contributed by atoms with Gasteiger partial charge >= 0.3 is 0 Å². The Bertz CT molecular complexity index is 354. The van der Waals surface area contributed by atoms with Crippen LogP contribution < -0.4 is 11.1 Å². The van der Waals surface area contributed by atoms with Gasteiger partial charge in [-0.25, -0.2) is 9.97 Å². The minimum absolute atomic E-state index is 0.346. The zero-order valence-electron chi connectivity index (χ0n) is 10.1. The summed E-state index contributed by atoms with van der Waals surface area (Å²) in [6.07, 6.45) is 1.40. The summed E-state index contributed by atoms with van der Waals surface area (Å²) in [5, 5.41) is 12.7. The van der Waals surface area contributed by atoms with Crippen molar-refractivity contribution in [3.63, 3.8) is 0 Å². The van der Waals surface area contributed by atoms with Crippen molar-refractivity contribution >= 4 is 11.6 Å². The average Bonchev–Trinajstić information content (AvgIpc) is 2.21. The molecule has 0 aliphatic heterocycles. The second-order valence-corrected chi connectivity index (χ2v) is 3.95. The highest BCUT2D eigenvalue weighted by Crippen LogP contribution is 2.16. The minimum Gasteiger partial charge on any atom is -0.391 e. The first kappa shape index (κ1) is 12.7. The SMILES string of the molecule is CCCC(O)CNc1nc(C)nc(N)c1C. The molecule has 1 unspecified atom stereocenters. The van der Waals surface area contributed by atoms with Gasteiger partial charge in [-0.1, -0.05) is 13.3 Å². The van der Waals surface area contributed by atoms with E-state index in [4.69, 9.17) is 5.73 Å². The van der Waals surface area contributed by atoms with Crippen LogP contribution in [0.25, 0.3) is 0 Å². The lowest BCUT2D eigenvalue weighted by Crippen LogP contribution is -2.20. The summed E-state index contributed by atoms with van der Waals surface area (Å²) in [5.74, 6) is 1.83. The molecule has 0 spiro atoms. The summed E-state index contributed by atoms with van der Waals surface area (Å²) in [5.41, 5.74) is 6.56. The van der Waals surface area contributed by atoms with Crippen molar-refractivity contribution in [1.29, 1.82) is 0 Å². The highest BCUT2D eigenvalue weighted by molar-refractivity contribution is 5.54. The molecule has 0 aromatic carbocycles. The number of nitrogens with two attached hydrogens (primary N) is 1. The Kier molecular flexibility index (Phi) is 4.49. The summed E-state index contributed by atoms with van der Waals surface area (Å²) in [7, 11) is 0. The first-order valence-corrected chi connectivity index (χ1v) is 5.57.